The number of anilines is 3. The molecule has 8 heteroatoms. The van der Waals surface area contributed by atoms with Crippen LogP contribution in [0, 0.1) is 5.82 Å². The van der Waals surface area contributed by atoms with Gasteiger partial charge in [0.1, 0.15) is 5.82 Å². The first-order valence-corrected chi connectivity index (χ1v) is 8.80. The highest BCUT2D eigenvalue weighted by Gasteiger charge is 2.27. The molecule has 1 aliphatic rings. The highest BCUT2D eigenvalue weighted by Crippen LogP contribution is 2.32. The summed E-state index contributed by atoms with van der Waals surface area (Å²) in [5.74, 6) is -0.348. The van der Waals surface area contributed by atoms with Crippen molar-refractivity contribution in [1.29, 1.82) is 0 Å². The Morgan fingerprint density at radius 3 is 2.50 bits per heavy atom. The smallest absolute Gasteiger partial charge is 0.325 e. The number of hydrogen-bond acceptors (Lipinski definition) is 5. The molecule has 3 rings (SSSR count). The Hall–Kier alpha value is -2.22. The molecule has 1 saturated heterocycles. The van der Waals surface area contributed by atoms with Crippen LogP contribution in [0.2, 0.25) is 0 Å². The molecule has 2 amide bonds. The van der Waals surface area contributed by atoms with Crippen molar-refractivity contribution in [2.24, 2.45) is 0 Å². The largest absolute Gasteiger partial charge is 0.341 e. The quantitative estimate of drug-likeness (QED) is 0.876. The Bertz CT molecular complexity index is 695. The Balaban J connectivity index is 1.63. The van der Waals surface area contributed by atoms with Crippen molar-refractivity contribution in [1.82, 2.24) is 10.2 Å². The zero-order chi connectivity index (χ0) is 17.1. The normalized spacial score (nSPS) is 20.7. The number of halogens is 1. The summed E-state index contributed by atoms with van der Waals surface area (Å²) in [5, 5.41) is 14.8. The minimum atomic E-state index is -0.427. The molecule has 2 aromatic rings. The van der Waals surface area contributed by atoms with Crippen molar-refractivity contribution >= 4 is 33.3 Å². The number of amides is 2. The van der Waals surface area contributed by atoms with E-state index in [1.807, 2.05) is 0 Å². The minimum absolute atomic E-state index is 0.348. The molecular formula is C16H20FN5OS. The first-order valence-electron chi connectivity index (χ1n) is 7.98. The lowest BCUT2D eigenvalue weighted by Crippen LogP contribution is -2.43. The summed E-state index contributed by atoms with van der Waals surface area (Å²) < 4.78 is 12.9. The van der Waals surface area contributed by atoms with E-state index in [0.29, 0.717) is 22.9 Å². The molecule has 0 bridgehead atoms. The summed E-state index contributed by atoms with van der Waals surface area (Å²) in [6, 6.07) is 5.99. The average molecular weight is 349 g/mol. The third-order valence-electron chi connectivity index (χ3n) is 4.15. The van der Waals surface area contributed by atoms with Gasteiger partial charge in [-0.15, -0.1) is 10.2 Å². The SMILES string of the molecule is C[C@@H]1CCC[C@H](C)N1c1nnc(NC(=O)Nc2ccc(F)cc2)s1. The van der Waals surface area contributed by atoms with E-state index in [2.05, 4.69) is 39.6 Å². The molecule has 24 heavy (non-hydrogen) atoms. The van der Waals surface area contributed by atoms with Crippen molar-refractivity contribution < 1.29 is 9.18 Å². The fourth-order valence-corrected chi connectivity index (χ4v) is 3.91. The molecular weight excluding hydrogens is 329 g/mol. The molecule has 1 fully saturated rings. The Kier molecular flexibility index (Phi) is 4.94. The molecule has 2 heterocycles. The van der Waals surface area contributed by atoms with Gasteiger partial charge in [0, 0.05) is 17.8 Å². The van der Waals surface area contributed by atoms with Gasteiger partial charge in [-0.05, 0) is 57.4 Å². The van der Waals surface area contributed by atoms with Gasteiger partial charge in [0.25, 0.3) is 0 Å². The second-order valence-electron chi connectivity index (χ2n) is 6.01. The van der Waals surface area contributed by atoms with Crippen LogP contribution in [0.4, 0.5) is 25.1 Å². The van der Waals surface area contributed by atoms with Crippen LogP contribution >= 0.6 is 11.3 Å². The molecule has 0 radical (unpaired) electrons. The van der Waals surface area contributed by atoms with E-state index in [4.69, 9.17) is 0 Å². The molecule has 1 aromatic carbocycles. The molecule has 0 saturated carbocycles. The van der Waals surface area contributed by atoms with Gasteiger partial charge in [-0.25, -0.2) is 9.18 Å². The molecule has 128 valence electrons. The zero-order valence-corrected chi connectivity index (χ0v) is 14.4. The van der Waals surface area contributed by atoms with Crippen molar-refractivity contribution in [2.45, 2.75) is 45.2 Å². The van der Waals surface area contributed by atoms with E-state index in [1.54, 1.807) is 0 Å². The van der Waals surface area contributed by atoms with Crippen molar-refractivity contribution in [3.8, 4) is 0 Å². The molecule has 1 aromatic heterocycles. The Labute approximate surface area is 144 Å². The highest BCUT2D eigenvalue weighted by atomic mass is 32.1. The summed E-state index contributed by atoms with van der Waals surface area (Å²) in [5.41, 5.74) is 0.511. The van der Waals surface area contributed by atoms with Crippen LogP contribution in [-0.4, -0.2) is 28.3 Å². The lowest BCUT2D eigenvalue weighted by molar-refractivity contribution is 0.262. The maximum atomic E-state index is 12.9. The van der Waals surface area contributed by atoms with E-state index in [1.165, 1.54) is 42.0 Å². The summed E-state index contributed by atoms with van der Waals surface area (Å²) in [4.78, 5) is 14.3. The minimum Gasteiger partial charge on any atom is -0.341 e. The topological polar surface area (TPSA) is 70.2 Å². The third-order valence-corrected chi connectivity index (χ3v) is 5.00. The fraction of sp³-hybridized carbons (Fsp3) is 0.438. The monoisotopic (exact) mass is 349 g/mol. The molecule has 0 aliphatic carbocycles. The van der Waals surface area contributed by atoms with E-state index in [-0.39, 0.29) is 5.82 Å². The fourth-order valence-electron chi connectivity index (χ4n) is 2.96. The molecule has 0 spiro atoms. The first-order chi connectivity index (χ1) is 11.5. The van der Waals surface area contributed by atoms with Crippen LogP contribution in [0.1, 0.15) is 33.1 Å². The maximum absolute atomic E-state index is 12.9. The van der Waals surface area contributed by atoms with Crippen LogP contribution in [0.15, 0.2) is 24.3 Å². The standard InChI is InChI=1S/C16H20FN5OS/c1-10-4-3-5-11(2)22(10)16-21-20-15(24-16)19-14(23)18-13-8-6-12(17)7-9-13/h6-11H,3-5H2,1-2H3,(H2,18,19,20,23)/t10-,11+. The van der Waals surface area contributed by atoms with Gasteiger partial charge in [-0.3, -0.25) is 5.32 Å². The molecule has 2 N–H and O–H groups in total. The van der Waals surface area contributed by atoms with Gasteiger partial charge >= 0.3 is 6.03 Å². The number of carbonyl (C=O) groups excluding carboxylic acids is 1. The number of piperidine rings is 1. The van der Waals surface area contributed by atoms with Gasteiger partial charge in [0.15, 0.2) is 0 Å². The van der Waals surface area contributed by atoms with Crippen molar-refractivity contribution in [3.05, 3.63) is 30.1 Å². The molecule has 1 aliphatic heterocycles. The van der Waals surface area contributed by atoms with Crippen LogP contribution < -0.4 is 15.5 Å². The van der Waals surface area contributed by atoms with Crippen LogP contribution in [0.25, 0.3) is 0 Å². The number of rotatable bonds is 3. The molecule has 2 atom stereocenters. The maximum Gasteiger partial charge on any atom is 0.325 e. The summed E-state index contributed by atoms with van der Waals surface area (Å²) in [6.07, 6.45) is 3.50. The Morgan fingerprint density at radius 1 is 1.17 bits per heavy atom. The van der Waals surface area contributed by atoms with Gasteiger partial charge in [-0.2, -0.15) is 0 Å². The van der Waals surface area contributed by atoms with Crippen molar-refractivity contribution in [3.63, 3.8) is 0 Å². The third kappa shape index (κ3) is 3.81. The van der Waals surface area contributed by atoms with E-state index < -0.39 is 6.03 Å². The van der Waals surface area contributed by atoms with Gasteiger partial charge < -0.3 is 10.2 Å². The summed E-state index contributed by atoms with van der Waals surface area (Å²) in [7, 11) is 0. The Morgan fingerprint density at radius 2 is 1.83 bits per heavy atom. The number of benzene rings is 1. The number of nitrogens with zero attached hydrogens (tertiary/aromatic N) is 3. The number of nitrogens with one attached hydrogen (secondary N) is 2. The molecule has 6 nitrogen and oxygen atoms in total. The van der Waals surface area contributed by atoms with Crippen LogP contribution in [0.5, 0.6) is 0 Å². The second kappa shape index (κ2) is 7.12. The van der Waals surface area contributed by atoms with Crippen molar-refractivity contribution in [2.75, 3.05) is 15.5 Å². The van der Waals surface area contributed by atoms with Gasteiger partial charge in [0.2, 0.25) is 10.3 Å². The number of urea groups is 1. The highest BCUT2D eigenvalue weighted by molar-refractivity contribution is 7.19. The predicted octanol–water partition coefficient (Wildman–Crippen LogP) is 4.09. The lowest BCUT2D eigenvalue weighted by atomic mass is 9.98. The van der Waals surface area contributed by atoms with E-state index >= 15 is 0 Å². The van der Waals surface area contributed by atoms with E-state index in [0.717, 1.165) is 18.0 Å². The lowest BCUT2D eigenvalue weighted by Gasteiger charge is -2.38. The average Bonchev–Trinajstić information content (AvgIpc) is 2.97. The van der Waals surface area contributed by atoms with Gasteiger partial charge in [-0.1, -0.05) is 11.3 Å². The summed E-state index contributed by atoms with van der Waals surface area (Å²) in [6.45, 7) is 4.37. The molecule has 0 unspecified atom stereocenters. The number of hydrogen-bond donors (Lipinski definition) is 2. The van der Waals surface area contributed by atoms with E-state index in [9.17, 15) is 9.18 Å². The number of aromatic nitrogens is 2. The van der Waals surface area contributed by atoms with Crippen LogP contribution in [0.3, 0.4) is 0 Å². The van der Waals surface area contributed by atoms with Gasteiger partial charge in [0.05, 0.1) is 0 Å². The van der Waals surface area contributed by atoms with Crippen LogP contribution in [-0.2, 0) is 0 Å². The predicted molar refractivity (Wildman–Crippen MR) is 94.2 cm³/mol. The summed E-state index contributed by atoms with van der Waals surface area (Å²) >= 11 is 1.36. The first kappa shape index (κ1) is 16.6. The zero-order valence-electron chi connectivity index (χ0n) is 13.6. The number of carbonyl (C=O) groups is 1. The second-order valence-corrected chi connectivity index (χ2v) is 6.97.